The van der Waals surface area contributed by atoms with Gasteiger partial charge in [-0.15, -0.1) is 13.2 Å². The van der Waals surface area contributed by atoms with Crippen LogP contribution in [-0.2, 0) is 21.8 Å². The summed E-state index contributed by atoms with van der Waals surface area (Å²) in [4.78, 5) is 11.6. The van der Waals surface area contributed by atoms with Crippen LogP contribution in [0.2, 0.25) is 0 Å². The first-order valence-electron chi connectivity index (χ1n) is 7.24. The zero-order valence-corrected chi connectivity index (χ0v) is 14.5. The maximum atomic E-state index is 12.4. The van der Waals surface area contributed by atoms with E-state index in [0.717, 1.165) is 30.3 Å². The Kier molecular flexibility index (Phi) is 5.50. The molecular weight excluding hydrogens is 377 g/mol. The van der Waals surface area contributed by atoms with E-state index in [-0.39, 0.29) is 22.9 Å². The number of alkyl halides is 3. The molecule has 2 aromatic rings. The van der Waals surface area contributed by atoms with Gasteiger partial charge in [-0.25, -0.2) is 13.2 Å². The van der Waals surface area contributed by atoms with Gasteiger partial charge in [-0.1, -0.05) is 0 Å². The van der Waals surface area contributed by atoms with E-state index in [1.807, 2.05) is 0 Å². The predicted molar refractivity (Wildman–Crippen MR) is 85.3 cm³/mol. The fraction of sp³-hybridized carbons (Fsp3) is 0.267. The van der Waals surface area contributed by atoms with Crippen LogP contribution in [0.25, 0.3) is 0 Å². The van der Waals surface area contributed by atoms with Gasteiger partial charge in [0.05, 0.1) is 6.61 Å². The summed E-state index contributed by atoms with van der Waals surface area (Å²) in [5.41, 5.74) is 0.0715. The zero-order chi connectivity index (χ0) is 19.5. The minimum absolute atomic E-state index is 0.0288. The number of aromatic nitrogens is 1. The topological polar surface area (TPSA) is 86.6 Å². The third-order valence-electron chi connectivity index (χ3n) is 3.11. The Hall–Kier alpha value is -2.69. The molecule has 0 saturated heterocycles. The normalized spacial score (nSPS) is 11.9. The highest BCUT2D eigenvalue weighted by atomic mass is 32.2. The molecular formula is C15H15F3N2O5S. The van der Waals surface area contributed by atoms with Gasteiger partial charge in [-0.3, -0.25) is 4.72 Å². The number of nitrogens with one attached hydrogen (secondary N) is 1. The van der Waals surface area contributed by atoms with E-state index in [9.17, 15) is 26.4 Å². The minimum atomic E-state index is -4.84. The molecule has 0 aliphatic heterocycles. The molecule has 0 aliphatic rings. The number of hydrogen-bond acceptors (Lipinski definition) is 5. The number of carbonyl (C=O) groups is 1. The Morgan fingerprint density at radius 3 is 2.38 bits per heavy atom. The molecule has 0 saturated carbocycles. The molecule has 0 unspecified atom stereocenters. The summed E-state index contributed by atoms with van der Waals surface area (Å²) in [6.07, 6.45) is -3.62. The van der Waals surface area contributed by atoms with Gasteiger partial charge < -0.3 is 14.0 Å². The Bertz CT molecular complexity index is 889. The number of benzene rings is 1. The van der Waals surface area contributed by atoms with Crippen LogP contribution in [0.1, 0.15) is 17.4 Å². The van der Waals surface area contributed by atoms with Gasteiger partial charge in [-0.2, -0.15) is 0 Å². The van der Waals surface area contributed by atoms with Crippen molar-refractivity contribution in [3.63, 3.8) is 0 Å². The Labute approximate surface area is 147 Å². The Morgan fingerprint density at radius 1 is 1.23 bits per heavy atom. The average Bonchev–Trinajstić information content (AvgIpc) is 2.91. The van der Waals surface area contributed by atoms with Gasteiger partial charge in [-0.05, 0) is 37.3 Å². The molecule has 26 heavy (non-hydrogen) atoms. The summed E-state index contributed by atoms with van der Waals surface area (Å²) < 4.78 is 73.1. The van der Waals surface area contributed by atoms with Crippen LogP contribution in [0.15, 0.2) is 41.4 Å². The summed E-state index contributed by atoms with van der Waals surface area (Å²) in [6.45, 7) is 1.75. The van der Waals surface area contributed by atoms with Crippen LogP contribution in [-0.4, -0.2) is 31.9 Å². The van der Waals surface area contributed by atoms with Crippen molar-refractivity contribution in [1.29, 1.82) is 0 Å². The van der Waals surface area contributed by atoms with E-state index >= 15 is 0 Å². The number of rotatable bonds is 6. The lowest BCUT2D eigenvalue weighted by Gasteiger charge is -2.10. The van der Waals surface area contributed by atoms with E-state index in [4.69, 9.17) is 4.74 Å². The number of halogens is 3. The molecule has 0 amide bonds. The Balaban J connectivity index is 2.18. The van der Waals surface area contributed by atoms with Crippen LogP contribution in [0.3, 0.4) is 0 Å². The number of sulfonamides is 1. The molecule has 142 valence electrons. The highest BCUT2D eigenvalue weighted by Crippen LogP contribution is 2.25. The molecule has 1 aromatic carbocycles. The number of ether oxygens (including phenoxy) is 2. The maximum Gasteiger partial charge on any atom is 0.573 e. The predicted octanol–water partition coefficient (Wildman–Crippen LogP) is 2.90. The monoisotopic (exact) mass is 392 g/mol. The van der Waals surface area contributed by atoms with Crippen molar-refractivity contribution in [2.45, 2.75) is 18.2 Å². The number of nitrogens with zero attached hydrogens (tertiary/aromatic N) is 1. The summed E-state index contributed by atoms with van der Waals surface area (Å²) in [7, 11) is -2.57. The molecule has 1 heterocycles. The SMILES string of the molecule is CCOC(=O)c1cc(S(=O)(=O)Nc2ccc(OC(F)(F)F)cc2)cn1C. The van der Waals surface area contributed by atoms with Crippen LogP contribution in [0.4, 0.5) is 18.9 Å². The molecule has 11 heteroatoms. The lowest BCUT2D eigenvalue weighted by Crippen LogP contribution is -2.17. The molecule has 2 rings (SSSR count). The zero-order valence-electron chi connectivity index (χ0n) is 13.7. The summed E-state index contributed by atoms with van der Waals surface area (Å²) in [5.74, 6) is -1.16. The first-order valence-corrected chi connectivity index (χ1v) is 8.72. The molecule has 0 atom stereocenters. The van der Waals surface area contributed by atoms with Crippen molar-refractivity contribution in [1.82, 2.24) is 4.57 Å². The van der Waals surface area contributed by atoms with Gasteiger partial charge in [0.1, 0.15) is 16.3 Å². The lowest BCUT2D eigenvalue weighted by molar-refractivity contribution is -0.274. The number of aryl methyl sites for hydroxylation is 1. The highest BCUT2D eigenvalue weighted by Gasteiger charge is 2.31. The summed E-state index contributed by atoms with van der Waals surface area (Å²) in [5, 5.41) is 0. The lowest BCUT2D eigenvalue weighted by atomic mass is 10.3. The molecule has 0 radical (unpaired) electrons. The van der Waals surface area contributed by atoms with Crippen molar-refractivity contribution < 1.29 is 35.9 Å². The van der Waals surface area contributed by atoms with E-state index in [0.29, 0.717) is 0 Å². The maximum absolute atomic E-state index is 12.4. The quantitative estimate of drug-likeness (QED) is 0.764. The van der Waals surface area contributed by atoms with Crippen molar-refractivity contribution >= 4 is 21.7 Å². The van der Waals surface area contributed by atoms with Crippen molar-refractivity contribution in [3.8, 4) is 5.75 Å². The van der Waals surface area contributed by atoms with Crippen LogP contribution in [0, 0.1) is 0 Å². The van der Waals surface area contributed by atoms with E-state index < -0.39 is 28.1 Å². The van der Waals surface area contributed by atoms with Gasteiger partial charge in [0.15, 0.2) is 0 Å². The van der Waals surface area contributed by atoms with E-state index in [1.165, 1.54) is 17.8 Å². The van der Waals surface area contributed by atoms with Crippen molar-refractivity contribution in [3.05, 3.63) is 42.2 Å². The van der Waals surface area contributed by atoms with E-state index in [2.05, 4.69) is 9.46 Å². The third-order valence-corrected chi connectivity index (χ3v) is 4.46. The van der Waals surface area contributed by atoms with Gasteiger partial charge in [0.2, 0.25) is 0 Å². The van der Waals surface area contributed by atoms with Crippen molar-refractivity contribution in [2.24, 2.45) is 7.05 Å². The fourth-order valence-corrected chi connectivity index (χ4v) is 3.16. The Morgan fingerprint density at radius 2 is 1.85 bits per heavy atom. The summed E-state index contributed by atoms with van der Waals surface area (Å²) >= 11 is 0. The largest absolute Gasteiger partial charge is 0.573 e. The second kappa shape index (κ2) is 7.28. The first-order chi connectivity index (χ1) is 12.0. The van der Waals surface area contributed by atoms with Gasteiger partial charge in [0, 0.05) is 18.9 Å². The van der Waals surface area contributed by atoms with Crippen LogP contribution in [0.5, 0.6) is 5.75 Å². The van der Waals surface area contributed by atoms with Crippen LogP contribution >= 0.6 is 0 Å². The number of carbonyl (C=O) groups excluding carboxylic acids is 1. The molecule has 1 aromatic heterocycles. The minimum Gasteiger partial charge on any atom is -0.461 e. The van der Waals surface area contributed by atoms with Crippen molar-refractivity contribution in [2.75, 3.05) is 11.3 Å². The molecule has 0 fully saturated rings. The summed E-state index contributed by atoms with van der Waals surface area (Å²) in [6, 6.07) is 5.32. The standard InChI is InChI=1S/C15H15F3N2O5S/c1-3-24-14(21)13-8-12(9-20(13)2)26(22,23)19-10-4-6-11(7-5-10)25-15(16,17)18/h4-9,19H,3H2,1-2H3. The van der Waals surface area contributed by atoms with Crippen LogP contribution < -0.4 is 9.46 Å². The van der Waals surface area contributed by atoms with Gasteiger partial charge in [0.25, 0.3) is 10.0 Å². The molecule has 1 N–H and O–H groups in total. The molecule has 0 aliphatic carbocycles. The molecule has 0 spiro atoms. The third kappa shape index (κ3) is 4.91. The first kappa shape index (κ1) is 19.6. The molecule has 7 nitrogen and oxygen atoms in total. The highest BCUT2D eigenvalue weighted by molar-refractivity contribution is 7.92. The van der Waals surface area contributed by atoms with E-state index in [1.54, 1.807) is 6.92 Å². The smallest absolute Gasteiger partial charge is 0.461 e. The number of esters is 1. The number of anilines is 1. The molecule has 0 bridgehead atoms. The second-order valence-electron chi connectivity index (χ2n) is 5.07. The fourth-order valence-electron chi connectivity index (χ4n) is 2.03. The number of hydrogen-bond donors (Lipinski definition) is 1. The van der Waals surface area contributed by atoms with Gasteiger partial charge >= 0.3 is 12.3 Å². The average molecular weight is 392 g/mol. The second-order valence-corrected chi connectivity index (χ2v) is 6.75.